The average Bonchev–Trinajstić information content (AvgIpc) is 2.89. The van der Waals surface area contributed by atoms with Gasteiger partial charge < -0.3 is 19.9 Å². The first-order valence-electron chi connectivity index (χ1n) is 6.39. The number of hydrogen-bond acceptors (Lipinski definition) is 6. The molecule has 110 valence electrons. The highest BCUT2D eigenvalue weighted by Gasteiger charge is 2.23. The molecule has 0 saturated carbocycles. The van der Waals surface area contributed by atoms with E-state index in [4.69, 9.17) is 9.47 Å². The zero-order valence-corrected chi connectivity index (χ0v) is 12.9. The Balaban J connectivity index is 2.28. The van der Waals surface area contributed by atoms with Gasteiger partial charge in [-0.3, -0.25) is 0 Å². The maximum absolute atomic E-state index is 9.88. The van der Waals surface area contributed by atoms with Crippen molar-refractivity contribution in [2.75, 3.05) is 26.9 Å². The summed E-state index contributed by atoms with van der Waals surface area (Å²) in [5.41, 5.74) is -0.243. The Morgan fingerprint density at radius 3 is 2.79 bits per heavy atom. The maximum Gasteiger partial charge on any atom is 0.112 e. The molecule has 2 atom stereocenters. The molecular weight excluding hydrogens is 264 g/mol. The molecule has 1 aromatic rings. The molecule has 19 heavy (non-hydrogen) atoms. The predicted molar refractivity (Wildman–Crippen MR) is 76.4 cm³/mol. The van der Waals surface area contributed by atoms with Crippen molar-refractivity contribution in [1.29, 1.82) is 0 Å². The van der Waals surface area contributed by atoms with Crippen LogP contribution in [-0.4, -0.2) is 49.2 Å². The summed E-state index contributed by atoms with van der Waals surface area (Å²) >= 11 is 1.60. The van der Waals surface area contributed by atoms with E-state index < -0.39 is 6.10 Å². The average molecular weight is 288 g/mol. The van der Waals surface area contributed by atoms with E-state index in [1.54, 1.807) is 24.6 Å². The number of rotatable bonds is 9. The van der Waals surface area contributed by atoms with Crippen LogP contribution in [0, 0.1) is 0 Å². The van der Waals surface area contributed by atoms with Gasteiger partial charge in [0.1, 0.15) is 5.01 Å². The molecule has 0 bridgehead atoms. The molecule has 0 fully saturated rings. The van der Waals surface area contributed by atoms with Gasteiger partial charge in [-0.1, -0.05) is 0 Å². The Hall–Kier alpha value is -0.530. The zero-order chi connectivity index (χ0) is 14.3. The number of nitrogens with one attached hydrogen (secondary N) is 1. The first-order valence-corrected chi connectivity index (χ1v) is 7.27. The van der Waals surface area contributed by atoms with Gasteiger partial charge in [0.15, 0.2) is 0 Å². The highest BCUT2D eigenvalue weighted by molar-refractivity contribution is 7.09. The normalized spacial score (nSPS) is 15.4. The molecule has 0 aliphatic heterocycles. The van der Waals surface area contributed by atoms with Crippen LogP contribution >= 0.6 is 11.3 Å². The summed E-state index contributed by atoms with van der Waals surface area (Å²) in [7, 11) is 1.63. The number of aliphatic hydroxyl groups is 1. The molecular formula is C13H24N2O3S. The largest absolute Gasteiger partial charge is 0.389 e. The quantitative estimate of drug-likeness (QED) is 0.719. The van der Waals surface area contributed by atoms with Gasteiger partial charge in [-0.2, -0.15) is 0 Å². The van der Waals surface area contributed by atoms with Crippen molar-refractivity contribution < 1.29 is 14.6 Å². The van der Waals surface area contributed by atoms with E-state index in [0.717, 1.165) is 5.01 Å². The van der Waals surface area contributed by atoms with Crippen LogP contribution in [0.5, 0.6) is 0 Å². The van der Waals surface area contributed by atoms with E-state index in [0.29, 0.717) is 19.8 Å². The van der Waals surface area contributed by atoms with Crippen molar-refractivity contribution in [2.45, 2.75) is 38.5 Å². The molecule has 1 aromatic heterocycles. The van der Waals surface area contributed by atoms with E-state index >= 15 is 0 Å². The van der Waals surface area contributed by atoms with Crippen molar-refractivity contribution in [2.24, 2.45) is 0 Å². The third-order valence-electron chi connectivity index (χ3n) is 2.72. The minimum Gasteiger partial charge on any atom is -0.389 e. The third kappa shape index (κ3) is 5.97. The fourth-order valence-electron chi connectivity index (χ4n) is 1.60. The molecule has 0 aromatic carbocycles. The second-order valence-corrected chi connectivity index (χ2v) is 5.99. The SMILES string of the molecule is COC[C@@H](C)OC[C@H](O)CNC(C)(C)c1nccs1. The fraction of sp³-hybridized carbons (Fsp3) is 0.769. The monoisotopic (exact) mass is 288 g/mol. The van der Waals surface area contributed by atoms with Crippen LogP contribution in [0.4, 0.5) is 0 Å². The van der Waals surface area contributed by atoms with Crippen LogP contribution in [-0.2, 0) is 15.0 Å². The Labute approximate surface area is 119 Å². The van der Waals surface area contributed by atoms with Gasteiger partial charge in [0.25, 0.3) is 0 Å². The van der Waals surface area contributed by atoms with Gasteiger partial charge in [0, 0.05) is 25.2 Å². The van der Waals surface area contributed by atoms with Crippen LogP contribution in [0.25, 0.3) is 0 Å². The highest BCUT2D eigenvalue weighted by Crippen LogP contribution is 2.21. The number of nitrogens with zero attached hydrogens (tertiary/aromatic N) is 1. The third-order valence-corrected chi connectivity index (χ3v) is 3.82. The molecule has 5 nitrogen and oxygen atoms in total. The molecule has 0 spiro atoms. The number of hydrogen-bond donors (Lipinski definition) is 2. The smallest absolute Gasteiger partial charge is 0.112 e. The second-order valence-electron chi connectivity index (χ2n) is 5.10. The van der Waals surface area contributed by atoms with Crippen molar-refractivity contribution in [3.63, 3.8) is 0 Å². The van der Waals surface area contributed by atoms with E-state index in [2.05, 4.69) is 10.3 Å². The first kappa shape index (κ1) is 16.5. The topological polar surface area (TPSA) is 63.6 Å². The fourth-order valence-corrected chi connectivity index (χ4v) is 2.34. The minimum atomic E-state index is -0.543. The van der Waals surface area contributed by atoms with Crippen molar-refractivity contribution >= 4 is 11.3 Å². The molecule has 1 heterocycles. The van der Waals surface area contributed by atoms with E-state index in [-0.39, 0.29) is 11.6 Å². The standard InChI is InChI=1S/C13H24N2O3S/c1-10(8-17-4)18-9-11(16)7-15-13(2,3)12-14-5-6-19-12/h5-6,10-11,15-16H,7-9H2,1-4H3/t10-,11-/m1/s1. The second kappa shape index (κ2) is 7.91. The maximum atomic E-state index is 9.88. The molecule has 0 radical (unpaired) electrons. The summed E-state index contributed by atoms with van der Waals surface area (Å²) in [5.74, 6) is 0. The summed E-state index contributed by atoms with van der Waals surface area (Å²) in [5, 5.41) is 16.1. The predicted octanol–water partition coefficient (Wildman–Crippen LogP) is 1.38. The molecule has 1 rings (SSSR count). The lowest BCUT2D eigenvalue weighted by Gasteiger charge is -2.26. The minimum absolute atomic E-state index is 0.00776. The zero-order valence-electron chi connectivity index (χ0n) is 12.0. The summed E-state index contributed by atoms with van der Waals surface area (Å²) in [6.07, 6.45) is 1.24. The number of thiazole rings is 1. The summed E-state index contributed by atoms with van der Waals surface area (Å²) in [6, 6.07) is 0. The van der Waals surface area contributed by atoms with Gasteiger partial charge in [0.2, 0.25) is 0 Å². The Morgan fingerprint density at radius 2 is 2.21 bits per heavy atom. The molecule has 0 amide bonds. The van der Waals surface area contributed by atoms with Crippen LogP contribution in [0.2, 0.25) is 0 Å². The molecule has 0 saturated heterocycles. The van der Waals surface area contributed by atoms with Crippen molar-refractivity contribution in [3.8, 4) is 0 Å². The molecule has 6 heteroatoms. The molecule has 0 aliphatic carbocycles. The van der Waals surface area contributed by atoms with Gasteiger partial charge in [-0.05, 0) is 20.8 Å². The Kier molecular flexibility index (Phi) is 6.88. The number of methoxy groups -OCH3 is 1. The lowest BCUT2D eigenvalue weighted by molar-refractivity contribution is -0.0324. The molecule has 0 unspecified atom stereocenters. The van der Waals surface area contributed by atoms with Crippen molar-refractivity contribution in [1.82, 2.24) is 10.3 Å². The highest BCUT2D eigenvalue weighted by atomic mass is 32.1. The number of ether oxygens (including phenoxy) is 2. The summed E-state index contributed by atoms with van der Waals surface area (Å²) < 4.78 is 10.4. The Bertz CT molecular complexity index is 344. The summed E-state index contributed by atoms with van der Waals surface area (Å²) in [6.45, 7) is 7.31. The van der Waals surface area contributed by atoms with Gasteiger partial charge >= 0.3 is 0 Å². The lowest BCUT2D eigenvalue weighted by atomic mass is 10.1. The Morgan fingerprint density at radius 1 is 1.47 bits per heavy atom. The van der Waals surface area contributed by atoms with Gasteiger partial charge in [-0.25, -0.2) is 4.98 Å². The van der Waals surface area contributed by atoms with Crippen LogP contribution in [0.1, 0.15) is 25.8 Å². The van der Waals surface area contributed by atoms with E-state index in [1.807, 2.05) is 26.2 Å². The lowest BCUT2D eigenvalue weighted by Crippen LogP contribution is -2.42. The number of aliphatic hydroxyl groups excluding tert-OH is 1. The van der Waals surface area contributed by atoms with E-state index in [1.165, 1.54) is 0 Å². The van der Waals surface area contributed by atoms with Gasteiger partial charge in [0.05, 0.1) is 31.0 Å². The van der Waals surface area contributed by atoms with Crippen LogP contribution in [0.15, 0.2) is 11.6 Å². The van der Waals surface area contributed by atoms with Crippen molar-refractivity contribution in [3.05, 3.63) is 16.6 Å². The van der Waals surface area contributed by atoms with Gasteiger partial charge in [-0.15, -0.1) is 11.3 Å². The molecule has 0 aliphatic rings. The summed E-state index contributed by atoms with van der Waals surface area (Å²) in [4.78, 5) is 4.29. The first-order chi connectivity index (χ1) is 8.95. The molecule has 2 N–H and O–H groups in total. The van der Waals surface area contributed by atoms with Crippen LogP contribution in [0.3, 0.4) is 0 Å². The van der Waals surface area contributed by atoms with E-state index in [9.17, 15) is 5.11 Å². The van der Waals surface area contributed by atoms with Crippen LogP contribution < -0.4 is 5.32 Å². The number of aromatic nitrogens is 1.